The van der Waals surface area contributed by atoms with Crippen LogP contribution in [0.3, 0.4) is 0 Å². The lowest BCUT2D eigenvalue weighted by molar-refractivity contribution is -0.212. The Morgan fingerprint density at radius 3 is 2.51 bits per heavy atom. The molecule has 0 aromatic heterocycles. The van der Waals surface area contributed by atoms with E-state index in [2.05, 4.69) is 11.7 Å². The molecule has 1 fully saturated rings. The number of aromatic hydroxyl groups is 2. The zero-order chi connectivity index (χ0) is 32.4. The third-order valence-electron chi connectivity index (χ3n) is 8.13. The van der Waals surface area contributed by atoms with Gasteiger partial charge in [0.2, 0.25) is 5.78 Å². The quantitative estimate of drug-likeness (QED) is 0.0644. The van der Waals surface area contributed by atoms with Crippen LogP contribution in [0.15, 0.2) is 35.5 Å². The molecule has 13 nitrogen and oxygen atoms in total. The van der Waals surface area contributed by atoms with Gasteiger partial charge in [-0.05, 0) is 32.3 Å². The van der Waals surface area contributed by atoms with E-state index in [0.717, 1.165) is 0 Å². The first-order valence-corrected chi connectivity index (χ1v) is 14.5. The molecule has 0 spiro atoms. The van der Waals surface area contributed by atoms with Crippen molar-refractivity contribution in [2.24, 2.45) is 11.1 Å². The minimum atomic E-state index is -0.981. The molecule has 13 heteroatoms. The van der Waals surface area contributed by atoms with Crippen LogP contribution in [0.2, 0.25) is 0 Å². The van der Waals surface area contributed by atoms with Crippen molar-refractivity contribution in [3.8, 4) is 17.2 Å². The highest BCUT2D eigenvalue weighted by Gasteiger charge is 2.44. The number of hydrogen-bond acceptors (Lipinski definition) is 13. The zero-order valence-corrected chi connectivity index (χ0v) is 24.9. The second-order valence-corrected chi connectivity index (χ2v) is 11.1. The summed E-state index contributed by atoms with van der Waals surface area (Å²) in [4.78, 5) is 44.4. The largest absolute Gasteiger partial charge is 0.507 e. The van der Waals surface area contributed by atoms with Gasteiger partial charge in [-0.3, -0.25) is 9.59 Å². The number of ketones is 2. The highest BCUT2D eigenvalue weighted by molar-refractivity contribution is 6.31. The Labute approximate surface area is 258 Å². The number of phenolic OH excluding ortho intramolecular Hbond substituents is 2. The van der Waals surface area contributed by atoms with E-state index in [-0.39, 0.29) is 83.1 Å². The van der Waals surface area contributed by atoms with E-state index in [1.165, 1.54) is 26.2 Å². The van der Waals surface area contributed by atoms with Crippen LogP contribution < -0.4 is 4.74 Å². The van der Waals surface area contributed by atoms with Gasteiger partial charge in [-0.2, -0.15) is 0 Å². The highest BCUT2D eigenvalue weighted by Crippen LogP contribution is 2.51. The Morgan fingerprint density at radius 2 is 1.84 bits per heavy atom. The van der Waals surface area contributed by atoms with Crippen molar-refractivity contribution in [3.63, 3.8) is 0 Å². The lowest BCUT2D eigenvalue weighted by Crippen LogP contribution is -2.35. The van der Waals surface area contributed by atoms with Gasteiger partial charge >= 0.3 is 5.97 Å². The fraction of sp³-hybridized carbons (Fsp3) is 0.438. The van der Waals surface area contributed by atoms with Crippen LogP contribution >= 0.6 is 0 Å². The lowest BCUT2D eigenvalue weighted by Gasteiger charge is -2.37. The fourth-order valence-corrected chi connectivity index (χ4v) is 5.92. The zero-order valence-electron chi connectivity index (χ0n) is 24.9. The molecule has 4 atom stereocenters. The SMILES string of the molecule is C=C(C)C(=O)OCCO/N=C(\CO)[C@@H]1Cc2c(O)c3c(c(O)c2C(O[C@H]2CC[C@@H](O)CO2)C1)C(=O)c1c(OC)cccc1C3=O. The van der Waals surface area contributed by atoms with Crippen LogP contribution in [0.5, 0.6) is 17.2 Å². The first-order chi connectivity index (χ1) is 21.6. The summed E-state index contributed by atoms with van der Waals surface area (Å²) in [5.41, 5.74) is -0.0390. The van der Waals surface area contributed by atoms with Gasteiger partial charge < -0.3 is 44.2 Å². The van der Waals surface area contributed by atoms with Crippen molar-refractivity contribution in [1.29, 1.82) is 0 Å². The second-order valence-electron chi connectivity index (χ2n) is 11.1. The van der Waals surface area contributed by atoms with E-state index < -0.39 is 60.1 Å². The summed E-state index contributed by atoms with van der Waals surface area (Å²) < 4.78 is 22.2. The number of carbonyl (C=O) groups is 3. The number of aliphatic hydroxyl groups is 2. The number of carbonyl (C=O) groups excluding carboxylic acids is 3. The Bertz CT molecular complexity index is 1560. The average Bonchev–Trinajstić information content (AvgIpc) is 3.03. The molecule has 0 radical (unpaired) electrons. The summed E-state index contributed by atoms with van der Waals surface area (Å²) in [6.45, 7) is 4.29. The normalized spacial score (nSPS) is 22.6. The molecule has 0 amide bonds. The smallest absolute Gasteiger partial charge is 0.333 e. The van der Waals surface area contributed by atoms with Crippen molar-refractivity contribution in [2.75, 3.05) is 33.5 Å². The number of aliphatic hydroxyl groups excluding tert-OH is 2. The minimum absolute atomic E-state index is 0.00589. The van der Waals surface area contributed by atoms with Crippen LogP contribution in [-0.4, -0.2) is 89.6 Å². The molecule has 0 saturated carbocycles. The van der Waals surface area contributed by atoms with Gasteiger partial charge in [-0.25, -0.2) is 4.79 Å². The molecule has 45 heavy (non-hydrogen) atoms. The first kappa shape index (κ1) is 32.1. The van der Waals surface area contributed by atoms with E-state index in [9.17, 15) is 34.8 Å². The number of benzene rings is 2. The van der Waals surface area contributed by atoms with Gasteiger partial charge in [0.1, 0.15) is 23.9 Å². The second kappa shape index (κ2) is 13.4. The topological polar surface area (TPSA) is 191 Å². The maximum Gasteiger partial charge on any atom is 0.333 e. The number of esters is 1. The molecule has 1 saturated heterocycles. The van der Waals surface area contributed by atoms with Gasteiger partial charge in [0, 0.05) is 34.6 Å². The highest BCUT2D eigenvalue weighted by atomic mass is 16.7. The van der Waals surface area contributed by atoms with Gasteiger partial charge in [0.25, 0.3) is 0 Å². The summed E-state index contributed by atoms with van der Waals surface area (Å²) in [6.07, 6.45) is -1.54. The maximum absolute atomic E-state index is 13.8. The van der Waals surface area contributed by atoms with Crippen LogP contribution in [0.25, 0.3) is 0 Å². The summed E-state index contributed by atoms with van der Waals surface area (Å²) in [5, 5.41) is 47.4. The van der Waals surface area contributed by atoms with Gasteiger partial charge in [0.05, 0.1) is 54.9 Å². The van der Waals surface area contributed by atoms with Crippen LogP contribution in [0, 0.1) is 5.92 Å². The predicted octanol–water partition coefficient (Wildman–Crippen LogP) is 2.48. The molecule has 1 heterocycles. The fourth-order valence-electron chi connectivity index (χ4n) is 5.92. The molecule has 2 aliphatic carbocycles. The van der Waals surface area contributed by atoms with Crippen molar-refractivity contribution >= 4 is 23.2 Å². The van der Waals surface area contributed by atoms with Crippen molar-refractivity contribution in [2.45, 2.75) is 51.1 Å². The average molecular weight is 626 g/mol. The van der Waals surface area contributed by atoms with Crippen molar-refractivity contribution in [1.82, 2.24) is 0 Å². The monoisotopic (exact) mass is 625 g/mol. The number of methoxy groups -OCH3 is 1. The minimum Gasteiger partial charge on any atom is -0.507 e. The van der Waals surface area contributed by atoms with Crippen molar-refractivity contribution < 1.29 is 58.6 Å². The van der Waals surface area contributed by atoms with E-state index >= 15 is 0 Å². The molecule has 4 N–H and O–H groups in total. The van der Waals surface area contributed by atoms with Crippen LogP contribution in [0.4, 0.5) is 0 Å². The third-order valence-corrected chi connectivity index (χ3v) is 8.13. The predicted molar refractivity (Wildman–Crippen MR) is 156 cm³/mol. The molecule has 1 unspecified atom stereocenters. The summed E-state index contributed by atoms with van der Waals surface area (Å²) >= 11 is 0. The van der Waals surface area contributed by atoms with Crippen LogP contribution in [0.1, 0.15) is 75.3 Å². The molecular formula is C32H35NO12. The van der Waals surface area contributed by atoms with E-state index in [1.54, 1.807) is 6.07 Å². The lowest BCUT2D eigenvalue weighted by atomic mass is 9.73. The standard InChI is InChI=1S/C32H35NO12/c1-15(2)32(40)42-9-10-44-33-20(13-34)16-11-19-25(22(12-16)45-23-8-7-17(35)14-43-23)31(39)27-26(29(19)37)28(36)18-5-4-6-21(41-3)24(18)30(27)38/h4-6,16-17,22-23,34-35,37,39H,1,7-14H2,2-3H3/b33-20+/t16-,17-,22?,23+/m1/s1. The molecule has 5 rings (SSSR count). The maximum atomic E-state index is 13.8. The summed E-state index contributed by atoms with van der Waals surface area (Å²) in [5.74, 6) is -3.40. The van der Waals surface area contributed by atoms with E-state index in [1.807, 2.05) is 0 Å². The number of phenols is 2. The molecule has 2 aromatic rings. The number of ether oxygens (including phenoxy) is 4. The first-order valence-electron chi connectivity index (χ1n) is 14.5. The molecule has 2 aromatic carbocycles. The van der Waals surface area contributed by atoms with Gasteiger partial charge in [-0.15, -0.1) is 0 Å². The Balaban J connectivity index is 1.53. The number of fused-ring (bicyclic) bond motifs is 3. The molecule has 1 aliphatic heterocycles. The van der Waals surface area contributed by atoms with E-state index in [4.69, 9.17) is 23.8 Å². The van der Waals surface area contributed by atoms with E-state index in [0.29, 0.717) is 12.8 Å². The Kier molecular flexibility index (Phi) is 9.53. The summed E-state index contributed by atoms with van der Waals surface area (Å²) in [6, 6.07) is 4.52. The van der Waals surface area contributed by atoms with Crippen molar-refractivity contribution in [3.05, 3.63) is 63.7 Å². The Morgan fingerprint density at radius 1 is 1.09 bits per heavy atom. The van der Waals surface area contributed by atoms with Gasteiger partial charge in [0.15, 0.2) is 18.7 Å². The molecule has 0 bridgehead atoms. The number of nitrogens with zero attached hydrogens (tertiary/aromatic N) is 1. The number of rotatable bonds is 10. The number of hydrogen-bond donors (Lipinski definition) is 4. The van der Waals surface area contributed by atoms with Gasteiger partial charge in [-0.1, -0.05) is 23.9 Å². The Hall–Kier alpha value is -4.30. The third kappa shape index (κ3) is 6.16. The molecule has 240 valence electrons. The van der Waals surface area contributed by atoms with Crippen LogP contribution in [-0.2, 0) is 30.3 Å². The molecule has 3 aliphatic rings. The number of oxime groups is 1. The molecular weight excluding hydrogens is 590 g/mol. The summed E-state index contributed by atoms with van der Waals surface area (Å²) in [7, 11) is 1.36.